The normalized spacial score (nSPS) is 10.9. The van der Waals surface area contributed by atoms with Crippen molar-refractivity contribution < 1.29 is 14.1 Å². The Morgan fingerprint density at radius 1 is 1.11 bits per heavy atom. The Morgan fingerprint density at radius 3 is 2.64 bits per heavy atom. The highest BCUT2D eigenvalue weighted by atomic mass is 16.6. The Morgan fingerprint density at radius 2 is 1.89 bits per heavy atom. The molecular weight excluding hydrogens is 358 g/mol. The summed E-state index contributed by atoms with van der Waals surface area (Å²) in [6.45, 7) is 1.74. The highest BCUT2D eigenvalue weighted by Gasteiger charge is 2.22. The minimum Gasteiger partial charge on any atom is -0.450 e. The lowest BCUT2D eigenvalue weighted by Gasteiger charge is -2.01. The molecule has 2 aromatic carbocycles. The van der Waals surface area contributed by atoms with Crippen LogP contribution in [0.3, 0.4) is 0 Å². The van der Waals surface area contributed by atoms with Crippen LogP contribution in [0, 0.1) is 17.0 Å². The smallest absolute Gasteiger partial charge is 0.270 e. The van der Waals surface area contributed by atoms with Gasteiger partial charge in [-0.15, -0.1) is 0 Å². The van der Waals surface area contributed by atoms with Gasteiger partial charge in [0.05, 0.1) is 10.6 Å². The van der Waals surface area contributed by atoms with E-state index in [9.17, 15) is 14.9 Å². The third-order valence-electron chi connectivity index (χ3n) is 4.58. The summed E-state index contributed by atoms with van der Waals surface area (Å²) in [4.78, 5) is 27.5. The molecule has 4 rings (SSSR count). The predicted octanol–water partition coefficient (Wildman–Crippen LogP) is 4.52. The number of hydrogen-bond donors (Lipinski definition) is 1. The summed E-state index contributed by atoms with van der Waals surface area (Å²) in [5, 5.41) is 11.6. The monoisotopic (exact) mass is 373 g/mol. The average molecular weight is 373 g/mol. The van der Waals surface area contributed by atoms with Crippen molar-refractivity contribution in [1.82, 2.24) is 4.98 Å². The lowest BCUT2D eigenvalue weighted by molar-refractivity contribution is -0.384. The van der Waals surface area contributed by atoms with Gasteiger partial charge in [-0.1, -0.05) is 18.2 Å². The summed E-state index contributed by atoms with van der Waals surface area (Å²) in [6.07, 6.45) is 1.61. The van der Waals surface area contributed by atoms with Gasteiger partial charge >= 0.3 is 0 Å². The molecule has 0 saturated heterocycles. The standard InChI is InChI=1S/C21H15N3O4/c1-12-16(6-3-9-23-12)20(25)21-19(22)17-8-7-14(11-18(17)28-21)13-4-2-5-15(10-13)24(26)27/h2-11H,22H2,1H3. The molecule has 0 saturated carbocycles. The number of aryl methyl sites for hydroxylation is 1. The molecule has 0 fully saturated rings. The van der Waals surface area contributed by atoms with Crippen molar-refractivity contribution in [3.8, 4) is 11.1 Å². The van der Waals surface area contributed by atoms with Crippen LogP contribution in [0.25, 0.3) is 22.1 Å². The number of pyridine rings is 1. The number of nitrogens with two attached hydrogens (primary N) is 1. The molecule has 0 radical (unpaired) electrons. The first-order valence-corrected chi connectivity index (χ1v) is 8.49. The molecule has 0 unspecified atom stereocenters. The van der Waals surface area contributed by atoms with Gasteiger partial charge in [-0.05, 0) is 42.3 Å². The van der Waals surface area contributed by atoms with Crippen LogP contribution in [0.4, 0.5) is 11.4 Å². The van der Waals surface area contributed by atoms with Crippen LogP contribution in [0.2, 0.25) is 0 Å². The fourth-order valence-corrected chi connectivity index (χ4v) is 3.11. The molecule has 0 atom stereocenters. The lowest BCUT2D eigenvalue weighted by atomic mass is 10.0. The number of nitrogen functional groups attached to an aromatic ring is 1. The number of rotatable bonds is 4. The summed E-state index contributed by atoms with van der Waals surface area (Å²) in [7, 11) is 0. The number of nitrogens with zero attached hydrogens (tertiary/aromatic N) is 2. The van der Waals surface area contributed by atoms with Crippen molar-refractivity contribution in [2.75, 3.05) is 5.73 Å². The number of anilines is 1. The molecule has 7 heteroatoms. The van der Waals surface area contributed by atoms with Crippen molar-refractivity contribution >= 4 is 28.1 Å². The second-order valence-corrected chi connectivity index (χ2v) is 6.33. The van der Waals surface area contributed by atoms with E-state index in [2.05, 4.69) is 4.98 Å². The molecule has 2 aromatic heterocycles. The van der Waals surface area contributed by atoms with Gasteiger partial charge in [-0.25, -0.2) is 0 Å². The van der Waals surface area contributed by atoms with E-state index in [0.29, 0.717) is 27.8 Å². The van der Waals surface area contributed by atoms with Gasteiger partial charge in [0.25, 0.3) is 5.69 Å². The first-order valence-electron chi connectivity index (χ1n) is 8.49. The summed E-state index contributed by atoms with van der Waals surface area (Å²) < 4.78 is 5.77. The molecule has 0 amide bonds. The van der Waals surface area contributed by atoms with Gasteiger partial charge in [0.1, 0.15) is 5.58 Å². The summed E-state index contributed by atoms with van der Waals surface area (Å²) in [6, 6.07) is 14.9. The third-order valence-corrected chi connectivity index (χ3v) is 4.58. The molecule has 0 spiro atoms. The first-order chi connectivity index (χ1) is 13.5. The van der Waals surface area contributed by atoms with Gasteiger partial charge in [-0.3, -0.25) is 19.9 Å². The quantitative estimate of drug-likeness (QED) is 0.320. The molecule has 0 bridgehead atoms. The van der Waals surface area contributed by atoms with Crippen molar-refractivity contribution in [3.05, 3.63) is 87.9 Å². The number of non-ortho nitro benzene ring substituents is 1. The van der Waals surface area contributed by atoms with Gasteiger partial charge in [0.2, 0.25) is 5.78 Å². The largest absolute Gasteiger partial charge is 0.450 e. The molecule has 28 heavy (non-hydrogen) atoms. The van der Waals surface area contributed by atoms with E-state index in [-0.39, 0.29) is 22.9 Å². The van der Waals surface area contributed by atoms with E-state index >= 15 is 0 Å². The molecule has 0 aliphatic heterocycles. The van der Waals surface area contributed by atoms with Crippen LogP contribution in [-0.4, -0.2) is 15.7 Å². The Balaban J connectivity index is 1.80. The fourth-order valence-electron chi connectivity index (χ4n) is 3.11. The Hall–Kier alpha value is -4.00. The number of fused-ring (bicyclic) bond motifs is 1. The van der Waals surface area contributed by atoms with Crippen LogP contribution in [0.5, 0.6) is 0 Å². The summed E-state index contributed by atoms with van der Waals surface area (Å²) in [5.74, 6) is -0.279. The maximum atomic E-state index is 12.8. The number of carbonyl (C=O) groups excluding carboxylic acids is 1. The molecule has 0 aliphatic rings. The molecule has 2 heterocycles. The number of benzene rings is 2. The van der Waals surface area contributed by atoms with Crippen LogP contribution < -0.4 is 5.73 Å². The number of ketones is 1. The van der Waals surface area contributed by atoms with Gasteiger partial charge < -0.3 is 10.2 Å². The maximum Gasteiger partial charge on any atom is 0.270 e. The lowest BCUT2D eigenvalue weighted by Crippen LogP contribution is -2.06. The molecule has 0 aliphatic carbocycles. The second-order valence-electron chi connectivity index (χ2n) is 6.33. The maximum absolute atomic E-state index is 12.8. The second kappa shape index (κ2) is 6.62. The number of furan rings is 1. The topological polar surface area (TPSA) is 112 Å². The summed E-state index contributed by atoms with van der Waals surface area (Å²) in [5.41, 5.74) is 9.25. The zero-order chi connectivity index (χ0) is 19.8. The van der Waals surface area contributed by atoms with Crippen LogP contribution in [0.1, 0.15) is 21.8 Å². The Labute approximate surface area is 159 Å². The number of carbonyl (C=O) groups is 1. The Bertz CT molecular complexity index is 1240. The van der Waals surface area contributed by atoms with Crippen molar-refractivity contribution in [1.29, 1.82) is 0 Å². The highest BCUT2D eigenvalue weighted by molar-refractivity contribution is 6.15. The predicted molar refractivity (Wildman–Crippen MR) is 105 cm³/mol. The molecule has 138 valence electrons. The van der Waals surface area contributed by atoms with E-state index < -0.39 is 4.92 Å². The number of aromatic nitrogens is 1. The van der Waals surface area contributed by atoms with Gasteiger partial charge in [0.15, 0.2) is 5.76 Å². The van der Waals surface area contributed by atoms with Crippen LogP contribution in [0.15, 0.2) is 65.2 Å². The third kappa shape index (κ3) is 2.88. The fraction of sp³-hybridized carbons (Fsp3) is 0.0476. The van der Waals surface area contributed by atoms with Crippen LogP contribution >= 0.6 is 0 Å². The van der Waals surface area contributed by atoms with Crippen molar-refractivity contribution in [3.63, 3.8) is 0 Å². The Kier molecular flexibility index (Phi) is 4.12. The zero-order valence-electron chi connectivity index (χ0n) is 14.9. The number of nitro benzene ring substituents is 1. The van der Waals surface area contributed by atoms with E-state index in [0.717, 1.165) is 5.56 Å². The molecule has 7 nitrogen and oxygen atoms in total. The van der Waals surface area contributed by atoms with E-state index in [4.69, 9.17) is 10.2 Å². The first kappa shape index (κ1) is 17.4. The van der Waals surface area contributed by atoms with Gasteiger partial charge in [-0.2, -0.15) is 0 Å². The van der Waals surface area contributed by atoms with Gasteiger partial charge in [0, 0.05) is 35.0 Å². The number of nitro groups is 1. The number of hydrogen-bond acceptors (Lipinski definition) is 6. The minimum atomic E-state index is -0.445. The average Bonchev–Trinajstić information content (AvgIpc) is 3.04. The van der Waals surface area contributed by atoms with Crippen molar-refractivity contribution in [2.45, 2.75) is 6.92 Å². The highest BCUT2D eigenvalue weighted by Crippen LogP contribution is 2.34. The molecule has 2 N–H and O–H groups in total. The van der Waals surface area contributed by atoms with Crippen molar-refractivity contribution in [2.24, 2.45) is 0 Å². The molecular formula is C21H15N3O4. The summed E-state index contributed by atoms with van der Waals surface area (Å²) >= 11 is 0. The molecule has 4 aromatic rings. The zero-order valence-corrected chi connectivity index (χ0v) is 14.9. The minimum absolute atomic E-state index is 0.000486. The van der Waals surface area contributed by atoms with E-state index in [1.807, 2.05) is 0 Å². The van der Waals surface area contributed by atoms with Crippen LogP contribution in [-0.2, 0) is 0 Å². The van der Waals surface area contributed by atoms with E-state index in [1.54, 1.807) is 55.6 Å². The van der Waals surface area contributed by atoms with E-state index in [1.165, 1.54) is 12.1 Å². The SMILES string of the molecule is Cc1ncccc1C(=O)c1oc2cc(-c3cccc([N+](=O)[O-])c3)ccc2c1N.